The van der Waals surface area contributed by atoms with Gasteiger partial charge in [-0.15, -0.1) is 0 Å². The fraction of sp³-hybridized carbons (Fsp3) is 0.909. The van der Waals surface area contributed by atoms with Gasteiger partial charge in [-0.2, -0.15) is 0 Å². The van der Waals surface area contributed by atoms with E-state index in [2.05, 4.69) is 6.92 Å². The molecule has 0 aliphatic rings. The molecule has 0 radical (unpaired) electrons. The first kappa shape index (κ1) is 24.9. The van der Waals surface area contributed by atoms with E-state index in [1.165, 1.54) is 38.5 Å². The molecule has 0 aliphatic heterocycles. The highest BCUT2D eigenvalue weighted by atomic mass is 16.5. The van der Waals surface area contributed by atoms with E-state index in [0.29, 0.717) is 18.8 Å². The lowest BCUT2D eigenvalue weighted by Crippen LogP contribution is -2.15. The summed E-state index contributed by atoms with van der Waals surface area (Å²) in [6.07, 6.45) is 12.8. The molecule has 0 aliphatic carbocycles. The van der Waals surface area contributed by atoms with Crippen LogP contribution in [0.25, 0.3) is 0 Å². The highest BCUT2D eigenvalue weighted by Gasteiger charge is 2.14. The van der Waals surface area contributed by atoms with Crippen LogP contribution in [0.5, 0.6) is 0 Å². The molecule has 0 spiro atoms. The molecule has 0 N–H and O–H groups in total. The zero-order valence-corrected chi connectivity index (χ0v) is 17.9. The molecule has 0 saturated carbocycles. The zero-order chi connectivity index (χ0) is 19.8. The van der Waals surface area contributed by atoms with Crippen LogP contribution >= 0.6 is 0 Å². The van der Waals surface area contributed by atoms with Crippen LogP contribution in [0.4, 0.5) is 0 Å². The van der Waals surface area contributed by atoms with Gasteiger partial charge in [0.05, 0.1) is 12.2 Å². The van der Waals surface area contributed by atoms with Crippen molar-refractivity contribution in [1.29, 1.82) is 0 Å². The Kier molecular flexibility index (Phi) is 15.5. The van der Waals surface area contributed by atoms with E-state index in [9.17, 15) is 9.59 Å². The second-order valence-corrected chi connectivity index (χ2v) is 7.92. The summed E-state index contributed by atoms with van der Waals surface area (Å²) in [4.78, 5) is 23.1. The molecule has 0 amide bonds. The second-order valence-electron chi connectivity index (χ2n) is 7.92. The van der Waals surface area contributed by atoms with Gasteiger partial charge in [0.25, 0.3) is 0 Å². The average Bonchev–Trinajstić information content (AvgIpc) is 2.53. The highest BCUT2D eigenvalue weighted by molar-refractivity contribution is 5.70. The summed E-state index contributed by atoms with van der Waals surface area (Å²) in [5.74, 6) is 0.346. The molecule has 0 bridgehead atoms. The molecule has 0 aromatic heterocycles. The molecule has 1 atom stereocenters. The fourth-order valence-corrected chi connectivity index (χ4v) is 3.08. The SMILES string of the molecule is CCC(CCCCCCCCCCC(=O)OC(C)C)CC(=O)OC(C)C. The molecular weight excluding hydrogens is 328 g/mol. The van der Waals surface area contributed by atoms with Crippen LogP contribution in [0.2, 0.25) is 0 Å². The van der Waals surface area contributed by atoms with Crippen molar-refractivity contribution < 1.29 is 19.1 Å². The number of rotatable bonds is 16. The predicted molar refractivity (Wildman–Crippen MR) is 107 cm³/mol. The van der Waals surface area contributed by atoms with E-state index in [1.54, 1.807) is 0 Å². The van der Waals surface area contributed by atoms with Crippen LogP contribution < -0.4 is 0 Å². The summed E-state index contributed by atoms with van der Waals surface area (Å²) in [6.45, 7) is 9.73. The van der Waals surface area contributed by atoms with Crippen molar-refractivity contribution in [2.45, 2.75) is 124 Å². The largest absolute Gasteiger partial charge is 0.463 e. The maximum atomic E-state index is 11.7. The van der Waals surface area contributed by atoms with E-state index in [0.717, 1.165) is 25.7 Å². The number of ether oxygens (including phenoxy) is 2. The lowest BCUT2D eigenvalue weighted by Gasteiger charge is -2.15. The Balaban J connectivity index is 3.49. The Morgan fingerprint density at radius 3 is 1.65 bits per heavy atom. The number of carbonyl (C=O) groups is 2. The molecule has 0 saturated heterocycles. The normalized spacial score (nSPS) is 12.4. The van der Waals surface area contributed by atoms with Gasteiger partial charge >= 0.3 is 11.9 Å². The fourth-order valence-electron chi connectivity index (χ4n) is 3.08. The van der Waals surface area contributed by atoms with Gasteiger partial charge in [-0.25, -0.2) is 0 Å². The monoisotopic (exact) mass is 370 g/mol. The number of carbonyl (C=O) groups excluding carboxylic acids is 2. The van der Waals surface area contributed by atoms with Crippen molar-refractivity contribution in [1.82, 2.24) is 0 Å². The quantitative estimate of drug-likeness (QED) is 0.239. The van der Waals surface area contributed by atoms with Crippen LogP contribution in [0.15, 0.2) is 0 Å². The van der Waals surface area contributed by atoms with Crippen molar-refractivity contribution in [3.63, 3.8) is 0 Å². The minimum atomic E-state index is -0.0669. The van der Waals surface area contributed by atoms with Gasteiger partial charge in [-0.3, -0.25) is 9.59 Å². The highest BCUT2D eigenvalue weighted by Crippen LogP contribution is 2.19. The average molecular weight is 371 g/mol. The standard InChI is InChI=1S/C22H42O4/c1-6-20(17-22(24)26-19(4)5)15-13-11-9-7-8-10-12-14-16-21(23)25-18(2)3/h18-20H,6-17H2,1-5H3. The summed E-state index contributed by atoms with van der Waals surface area (Å²) in [5, 5.41) is 0. The van der Waals surface area contributed by atoms with Crippen LogP contribution in [0, 0.1) is 5.92 Å². The summed E-state index contributed by atoms with van der Waals surface area (Å²) in [7, 11) is 0. The first-order valence-corrected chi connectivity index (χ1v) is 10.7. The van der Waals surface area contributed by atoms with E-state index in [-0.39, 0.29) is 24.1 Å². The summed E-state index contributed by atoms with van der Waals surface area (Å²) >= 11 is 0. The third kappa shape index (κ3) is 16.4. The van der Waals surface area contributed by atoms with E-state index in [4.69, 9.17) is 9.47 Å². The Bertz CT molecular complexity index is 363. The lowest BCUT2D eigenvalue weighted by atomic mass is 9.95. The Morgan fingerprint density at radius 1 is 0.692 bits per heavy atom. The Labute approximate surface area is 161 Å². The molecule has 0 fully saturated rings. The van der Waals surface area contributed by atoms with Crippen molar-refractivity contribution >= 4 is 11.9 Å². The van der Waals surface area contributed by atoms with Crippen molar-refractivity contribution in [2.75, 3.05) is 0 Å². The Morgan fingerprint density at radius 2 is 1.15 bits per heavy atom. The van der Waals surface area contributed by atoms with Crippen molar-refractivity contribution in [3.05, 3.63) is 0 Å². The van der Waals surface area contributed by atoms with E-state index >= 15 is 0 Å². The lowest BCUT2D eigenvalue weighted by molar-refractivity contribution is -0.149. The van der Waals surface area contributed by atoms with Gasteiger partial charge in [-0.05, 0) is 46.5 Å². The third-order valence-electron chi connectivity index (χ3n) is 4.51. The van der Waals surface area contributed by atoms with Crippen molar-refractivity contribution in [3.8, 4) is 0 Å². The number of hydrogen-bond acceptors (Lipinski definition) is 4. The molecule has 0 aromatic carbocycles. The Hall–Kier alpha value is -1.06. The third-order valence-corrected chi connectivity index (χ3v) is 4.51. The minimum absolute atomic E-state index is 0.00402. The first-order valence-electron chi connectivity index (χ1n) is 10.7. The first-order chi connectivity index (χ1) is 12.3. The molecule has 0 rings (SSSR count). The maximum Gasteiger partial charge on any atom is 0.306 e. The van der Waals surface area contributed by atoms with Crippen LogP contribution in [0.3, 0.4) is 0 Å². The van der Waals surface area contributed by atoms with Gasteiger partial charge < -0.3 is 9.47 Å². The summed E-state index contributed by atoms with van der Waals surface area (Å²) in [6, 6.07) is 0. The van der Waals surface area contributed by atoms with Gasteiger partial charge in [-0.1, -0.05) is 58.3 Å². The van der Waals surface area contributed by atoms with Gasteiger partial charge in [0.2, 0.25) is 0 Å². The number of hydrogen-bond donors (Lipinski definition) is 0. The second kappa shape index (κ2) is 16.1. The maximum absolute atomic E-state index is 11.7. The number of esters is 2. The van der Waals surface area contributed by atoms with Gasteiger partial charge in [0.1, 0.15) is 0 Å². The minimum Gasteiger partial charge on any atom is -0.463 e. The molecule has 0 heterocycles. The predicted octanol–water partition coefficient (Wildman–Crippen LogP) is 6.21. The molecule has 1 unspecified atom stereocenters. The zero-order valence-electron chi connectivity index (χ0n) is 17.9. The van der Waals surface area contributed by atoms with Crippen LogP contribution in [-0.2, 0) is 19.1 Å². The van der Waals surface area contributed by atoms with E-state index < -0.39 is 0 Å². The molecule has 154 valence electrons. The van der Waals surface area contributed by atoms with Crippen LogP contribution in [-0.4, -0.2) is 24.1 Å². The number of unbranched alkanes of at least 4 members (excludes halogenated alkanes) is 7. The van der Waals surface area contributed by atoms with Crippen LogP contribution in [0.1, 0.15) is 112 Å². The molecular formula is C22H42O4. The molecule has 26 heavy (non-hydrogen) atoms. The molecule has 4 heteroatoms. The molecule has 0 aromatic rings. The van der Waals surface area contributed by atoms with Gasteiger partial charge in [0.15, 0.2) is 0 Å². The molecule has 4 nitrogen and oxygen atoms in total. The van der Waals surface area contributed by atoms with Crippen molar-refractivity contribution in [2.24, 2.45) is 5.92 Å². The summed E-state index contributed by atoms with van der Waals surface area (Å²) in [5.41, 5.74) is 0. The van der Waals surface area contributed by atoms with E-state index in [1.807, 2.05) is 27.7 Å². The summed E-state index contributed by atoms with van der Waals surface area (Å²) < 4.78 is 10.4. The van der Waals surface area contributed by atoms with Gasteiger partial charge in [0, 0.05) is 12.8 Å². The topological polar surface area (TPSA) is 52.6 Å². The smallest absolute Gasteiger partial charge is 0.306 e.